The molecule has 19 heavy (non-hydrogen) atoms. The van der Waals surface area contributed by atoms with Crippen molar-refractivity contribution in [2.75, 3.05) is 11.9 Å². The molecule has 2 aliphatic heterocycles. The molecule has 2 heterocycles. The van der Waals surface area contributed by atoms with E-state index >= 15 is 0 Å². The molecular formula is C15H12ClNO2. The van der Waals surface area contributed by atoms with Crippen molar-refractivity contribution in [1.82, 2.24) is 0 Å². The zero-order valence-electron chi connectivity index (χ0n) is 10.1. The molecular weight excluding hydrogens is 262 g/mol. The average molecular weight is 274 g/mol. The van der Waals surface area contributed by atoms with Gasteiger partial charge in [-0.2, -0.15) is 0 Å². The minimum atomic E-state index is -0.0580. The number of para-hydroxylation sites is 2. The van der Waals surface area contributed by atoms with Gasteiger partial charge in [-0.25, -0.2) is 0 Å². The maximum absolute atomic E-state index is 6.20. The third-order valence-corrected chi connectivity index (χ3v) is 3.86. The molecule has 2 aromatic rings. The van der Waals surface area contributed by atoms with Gasteiger partial charge >= 0.3 is 0 Å². The zero-order valence-corrected chi connectivity index (χ0v) is 10.9. The Morgan fingerprint density at radius 3 is 2.95 bits per heavy atom. The molecule has 1 N–H and O–H groups in total. The molecule has 0 amide bonds. The summed E-state index contributed by atoms with van der Waals surface area (Å²) in [6.45, 7) is 0.591. The zero-order chi connectivity index (χ0) is 12.8. The molecule has 0 radical (unpaired) electrons. The molecule has 0 saturated heterocycles. The van der Waals surface area contributed by atoms with Gasteiger partial charge in [0.25, 0.3) is 0 Å². The lowest BCUT2D eigenvalue weighted by molar-refractivity contribution is 0.112. The summed E-state index contributed by atoms with van der Waals surface area (Å²) in [6, 6.07) is 13.8. The van der Waals surface area contributed by atoms with Crippen molar-refractivity contribution in [2.24, 2.45) is 0 Å². The summed E-state index contributed by atoms with van der Waals surface area (Å²) in [4.78, 5) is 0. The van der Waals surface area contributed by atoms with Gasteiger partial charge in [0, 0.05) is 5.56 Å². The summed E-state index contributed by atoms with van der Waals surface area (Å²) in [5.74, 6) is 1.61. The molecule has 0 aromatic heterocycles. The summed E-state index contributed by atoms with van der Waals surface area (Å²) < 4.78 is 11.9. The topological polar surface area (TPSA) is 30.5 Å². The molecule has 4 heteroatoms. The van der Waals surface area contributed by atoms with E-state index in [-0.39, 0.29) is 12.1 Å². The summed E-state index contributed by atoms with van der Waals surface area (Å²) in [7, 11) is 0. The van der Waals surface area contributed by atoms with Crippen LogP contribution >= 0.6 is 11.6 Å². The molecule has 4 rings (SSSR count). The summed E-state index contributed by atoms with van der Waals surface area (Å²) in [6.07, 6.45) is -0.0580. The fraction of sp³-hybridized carbons (Fsp3) is 0.200. The van der Waals surface area contributed by atoms with Gasteiger partial charge in [-0.3, -0.25) is 0 Å². The van der Waals surface area contributed by atoms with Crippen LogP contribution in [0.2, 0.25) is 5.02 Å². The van der Waals surface area contributed by atoms with E-state index in [4.69, 9.17) is 21.1 Å². The lowest BCUT2D eigenvalue weighted by atomic mass is 9.97. The van der Waals surface area contributed by atoms with Gasteiger partial charge in [-0.15, -0.1) is 0 Å². The molecule has 0 fully saturated rings. The van der Waals surface area contributed by atoms with Crippen molar-refractivity contribution in [3.8, 4) is 11.5 Å². The highest BCUT2D eigenvalue weighted by Gasteiger charge is 2.37. The molecule has 2 unspecified atom stereocenters. The van der Waals surface area contributed by atoms with Crippen molar-refractivity contribution in [2.45, 2.75) is 12.1 Å². The van der Waals surface area contributed by atoms with Crippen molar-refractivity contribution < 1.29 is 9.47 Å². The van der Waals surface area contributed by atoms with E-state index in [1.807, 2.05) is 42.5 Å². The van der Waals surface area contributed by atoms with E-state index in [1.165, 1.54) is 0 Å². The summed E-state index contributed by atoms with van der Waals surface area (Å²) in [5, 5.41) is 4.08. The van der Waals surface area contributed by atoms with Gasteiger partial charge in [-0.05, 0) is 18.2 Å². The van der Waals surface area contributed by atoms with Crippen molar-refractivity contribution in [1.29, 1.82) is 0 Å². The van der Waals surface area contributed by atoms with E-state index in [2.05, 4.69) is 5.32 Å². The number of hydrogen-bond acceptors (Lipinski definition) is 3. The molecule has 96 valence electrons. The van der Waals surface area contributed by atoms with E-state index in [0.29, 0.717) is 11.6 Å². The molecule has 0 spiro atoms. The first-order valence-electron chi connectivity index (χ1n) is 6.26. The fourth-order valence-corrected chi connectivity index (χ4v) is 2.88. The average Bonchev–Trinajstić information content (AvgIpc) is 2.46. The molecule has 3 nitrogen and oxygen atoms in total. The number of benzene rings is 2. The lowest BCUT2D eigenvalue weighted by Gasteiger charge is -2.39. The minimum absolute atomic E-state index is 0.0580. The first-order chi connectivity index (χ1) is 9.33. The first-order valence-corrected chi connectivity index (χ1v) is 6.64. The van der Waals surface area contributed by atoms with Gasteiger partial charge in [0.2, 0.25) is 0 Å². The van der Waals surface area contributed by atoms with Gasteiger partial charge in [0.15, 0.2) is 11.9 Å². The third-order valence-electron chi connectivity index (χ3n) is 3.56. The van der Waals surface area contributed by atoms with Crippen LogP contribution in [0.4, 0.5) is 5.69 Å². The Hall–Kier alpha value is -1.87. The standard InChI is InChI=1S/C15H12ClNO2/c16-10-5-3-6-11-15(10)19-14-9-4-1-2-7-13(9)18-8-12(14)17-11/h1-7,12,14,17H,8H2. The van der Waals surface area contributed by atoms with E-state index in [1.54, 1.807) is 0 Å². The molecule has 0 bridgehead atoms. The van der Waals surface area contributed by atoms with Crippen LogP contribution in [0, 0.1) is 0 Å². The van der Waals surface area contributed by atoms with Gasteiger partial charge < -0.3 is 14.8 Å². The number of anilines is 1. The van der Waals surface area contributed by atoms with Crippen molar-refractivity contribution in [3.63, 3.8) is 0 Å². The summed E-state index contributed by atoms with van der Waals surface area (Å²) >= 11 is 6.20. The van der Waals surface area contributed by atoms with Crippen LogP contribution in [-0.4, -0.2) is 12.6 Å². The lowest BCUT2D eigenvalue weighted by Crippen LogP contribution is -2.42. The minimum Gasteiger partial charge on any atom is -0.491 e. The van der Waals surface area contributed by atoms with Crippen LogP contribution in [0.3, 0.4) is 0 Å². The predicted octanol–water partition coefficient (Wildman–Crippen LogP) is 3.65. The van der Waals surface area contributed by atoms with Crippen molar-refractivity contribution in [3.05, 3.63) is 53.1 Å². The van der Waals surface area contributed by atoms with Crippen molar-refractivity contribution >= 4 is 17.3 Å². The number of rotatable bonds is 0. The maximum atomic E-state index is 6.20. The Morgan fingerprint density at radius 2 is 2.00 bits per heavy atom. The Bertz CT molecular complexity index is 644. The van der Waals surface area contributed by atoms with Crippen LogP contribution in [0.15, 0.2) is 42.5 Å². The number of fused-ring (bicyclic) bond motifs is 4. The van der Waals surface area contributed by atoms with Crippen LogP contribution in [-0.2, 0) is 0 Å². The van der Waals surface area contributed by atoms with Crippen LogP contribution in [0.1, 0.15) is 11.7 Å². The highest BCUT2D eigenvalue weighted by Crippen LogP contribution is 2.45. The number of ether oxygens (including phenoxy) is 2. The largest absolute Gasteiger partial charge is 0.491 e. The summed E-state index contributed by atoms with van der Waals surface area (Å²) in [5.41, 5.74) is 1.99. The highest BCUT2D eigenvalue weighted by atomic mass is 35.5. The predicted molar refractivity (Wildman–Crippen MR) is 74.2 cm³/mol. The smallest absolute Gasteiger partial charge is 0.162 e. The van der Waals surface area contributed by atoms with Crippen LogP contribution < -0.4 is 14.8 Å². The van der Waals surface area contributed by atoms with E-state index in [9.17, 15) is 0 Å². The first kappa shape index (κ1) is 11.0. The quantitative estimate of drug-likeness (QED) is 0.795. The SMILES string of the molecule is Clc1cccc2c1OC1c3ccccc3OCC1N2. The van der Waals surface area contributed by atoms with E-state index < -0.39 is 0 Å². The van der Waals surface area contributed by atoms with E-state index in [0.717, 1.165) is 22.7 Å². The normalized spacial score (nSPS) is 23.0. The van der Waals surface area contributed by atoms with Gasteiger partial charge in [-0.1, -0.05) is 35.9 Å². The Balaban J connectivity index is 1.81. The monoisotopic (exact) mass is 273 g/mol. The van der Waals surface area contributed by atoms with Crippen LogP contribution in [0.25, 0.3) is 0 Å². The van der Waals surface area contributed by atoms with Crippen LogP contribution in [0.5, 0.6) is 11.5 Å². The Kier molecular flexibility index (Phi) is 2.35. The van der Waals surface area contributed by atoms with Gasteiger partial charge in [0.05, 0.1) is 10.7 Å². The van der Waals surface area contributed by atoms with Gasteiger partial charge in [0.1, 0.15) is 18.4 Å². The Morgan fingerprint density at radius 1 is 1.11 bits per heavy atom. The second-order valence-corrected chi connectivity index (χ2v) is 5.16. The molecule has 0 aliphatic carbocycles. The molecule has 0 saturated carbocycles. The number of halogens is 1. The molecule has 2 aromatic carbocycles. The molecule has 2 atom stereocenters. The fourth-order valence-electron chi connectivity index (χ4n) is 2.66. The molecule has 2 aliphatic rings. The Labute approximate surface area is 116 Å². The second kappa shape index (κ2) is 4.07. The third kappa shape index (κ3) is 1.65. The number of nitrogens with one attached hydrogen (secondary N) is 1. The highest BCUT2D eigenvalue weighted by molar-refractivity contribution is 6.32. The number of hydrogen-bond donors (Lipinski definition) is 1. The maximum Gasteiger partial charge on any atom is 0.162 e. The second-order valence-electron chi connectivity index (χ2n) is 4.75.